The number of carbonyl (C=O) groups is 2. The second-order valence-corrected chi connectivity index (χ2v) is 10.8. The second-order valence-electron chi connectivity index (χ2n) is 7.07. The standard InChI is InChI=1S/C23H18N4O5S3/c1-33-23-24-12-11-18(26-23)19-9-10-20(34-19)35(31,32)27-17-4-2-3-15(13-17)21(28)25-16-7-5-14(6-8-16)22(29)30/h2-13,27H,1H3,(H,25,28)(H,29,30). The number of carboxylic acid groups (broad SMARTS) is 1. The summed E-state index contributed by atoms with van der Waals surface area (Å²) < 4.78 is 28.5. The molecule has 0 unspecified atom stereocenters. The molecule has 0 aliphatic rings. The number of nitrogens with zero attached hydrogens (tertiary/aromatic N) is 2. The molecular formula is C23H18N4O5S3. The van der Waals surface area contributed by atoms with Crippen LogP contribution in [0.3, 0.4) is 0 Å². The van der Waals surface area contributed by atoms with Crippen molar-refractivity contribution in [3.05, 3.63) is 84.1 Å². The number of hydrogen-bond donors (Lipinski definition) is 3. The van der Waals surface area contributed by atoms with Gasteiger partial charge in [0.1, 0.15) is 4.21 Å². The Morgan fingerprint density at radius 3 is 2.46 bits per heavy atom. The van der Waals surface area contributed by atoms with E-state index in [4.69, 9.17) is 5.11 Å². The van der Waals surface area contributed by atoms with Gasteiger partial charge in [0.25, 0.3) is 15.9 Å². The zero-order chi connectivity index (χ0) is 25.0. The van der Waals surface area contributed by atoms with Crippen LogP contribution >= 0.6 is 23.1 Å². The van der Waals surface area contributed by atoms with Crippen molar-refractivity contribution in [3.63, 3.8) is 0 Å². The van der Waals surface area contributed by atoms with Crippen LogP contribution in [0.2, 0.25) is 0 Å². The van der Waals surface area contributed by atoms with Crippen molar-refractivity contribution in [2.75, 3.05) is 16.3 Å². The monoisotopic (exact) mass is 526 g/mol. The van der Waals surface area contributed by atoms with Gasteiger partial charge in [-0.3, -0.25) is 9.52 Å². The number of thioether (sulfide) groups is 1. The Kier molecular flexibility index (Phi) is 7.15. The van der Waals surface area contributed by atoms with Gasteiger partial charge in [-0.15, -0.1) is 11.3 Å². The molecule has 2 heterocycles. The SMILES string of the molecule is CSc1nccc(-c2ccc(S(=O)(=O)Nc3cccc(C(=O)Nc4ccc(C(=O)O)cc4)c3)s2)n1. The molecule has 35 heavy (non-hydrogen) atoms. The van der Waals surface area contributed by atoms with E-state index in [9.17, 15) is 18.0 Å². The Bertz CT molecular complexity index is 1500. The number of hydrogen-bond acceptors (Lipinski definition) is 8. The first-order chi connectivity index (χ1) is 16.7. The van der Waals surface area contributed by atoms with Gasteiger partial charge in [-0.2, -0.15) is 0 Å². The maximum atomic E-state index is 12.9. The maximum Gasteiger partial charge on any atom is 0.335 e. The topological polar surface area (TPSA) is 138 Å². The Morgan fingerprint density at radius 1 is 0.971 bits per heavy atom. The molecule has 9 nitrogen and oxygen atoms in total. The maximum absolute atomic E-state index is 12.9. The Balaban J connectivity index is 1.49. The highest BCUT2D eigenvalue weighted by atomic mass is 32.2. The van der Waals surface area contributed by atoms with Gasteiger partial charge < -0.3 is 10.4 Å². The van der Waals surface area contributed by atoms with Crippen molar-refractivity contribution < 1.29 is 23.1 Å². The van der Waals surface area contributed by atoms with Crippen molar-refractivity contribution in [1.82, 2.24) is 9.97 Å². The van der Waals surface area contributed by atoms with E-state index in [0.29, 0.717) is 21.4 Å². The summed E-state index contributed by atoms with van der Waals surface area (Å²) >= 11 is 2.47. The summed E-state index contributed by atoms with van der Waals surface area (Å²) in [7, 11) is -3.90. The lowest BCUT2D eigenvalue weighted by atomic mass is 10.1. The van der Waals surface area contributed by atoms with Gasteiger partial charge in [0, 0.05) is 23.1 Å². The lowest BCUT2D eigenvalue weighted by molar-refractivity contribution is 0.0696. The minimum Gasteiger partial charge on any atom is -0.478 e. The van der Waals surface area contributed by atoms with Crippen LogP contribution in [0, 0.1) is 0 Å². The highest BCUT2D eigenvalue weighted by Gasteiger charge is 2.19. The molecule has 178 valence electrons. The van der Waals surface area contributed by atoms with Gasteiger partial charge in [-0.1, -0.05) is 17.8 Å². The number of aromatic nitrogens is 2. The molecule has 0 atom stereocenters. The van der Waals surface area contributed by atoms with E-state index in [-0.39, 0.29) is 21.0 Å². The molecule has 2 aromatic heterocycles. The molecule has 3 N–H and O–H groups in total. The summed E-state index contributed by atoms with van der Waals surface area (Å²) in [6, 6.07) is 16.7. The number of thiophene rings is 1. The fourth-order valence-electron chi connectivity index (χ4n) is 3.01. The number of nitrogens with one attached hydrogen (secondary N) is 2. The van der Waals surface area contributed by atoms with Gasteiger partial charge in [-0.25, -0.2) is 23.2 Å². The third-order valence-electron chi connectivity index (χ3n) is 4.68. The summed E-state index contributed by atoms with van der Waals surface area (Å²) in [5, 5.41) is 12.2. The van der Waals surface area contributed by atoms with Crippen LogP contribution in [0.25, 0.3) is 10.6 Å². The number of aromatic carboxylic acids is 1. The van der Waals surface area contributed by atoms with Crippen molar-refractivity contribution in [2.45, 2.75) is 9.37 Å². The molecule has 0 radical (unpaired) electrons. The Labute approximate surface area is 209 Å². The van der Waals surface area contributed by atoms with Crippen LogP contribution in [0.4, 0.5) is 11.4 Å². The van der Waals surface area contributed by atoms with E-state index in [1.807, 2.05) is 6.26 Å². The summed E-state index contributed by atoms with van der Waals surface area (Å²) in [6.07, 6.45) is 3.48. The van der Waals surface area contributed by atoms with Gasteiger partial charge in [-0.05, 0) is 66.9 Å². The predicted molar refractivity (Wildman–Crippen MR) is 136 cm³/mol. The third-order valence-corrected chi connectivity index (χ3v) is 8.22. The quantitative estimate of drug-likeness (QED) is 0.222. The molecule has 0 spiro atoms. The Morgan fingerprint density at radius 2 is 1.74 bits per heavy atom. The molecule has 4 aromatic rings. The number of sulfonamides is 1. The largest absolute Gasteiger partial charge is 0.478 e. The van der Waals surface area contributed by atoms with Crippen LogP contribution in [-0.2, 0) is 10.0 Å². The van der Waals surface area contributed by atoms with E-state index in [0.717, 1.165) is 11.3 Å². The van der Waals surface area contributed by atoms with Crippen molar-refractivity contribution in [3.8, 4) is 10.6 Å². The molecule has 1 amide bonds. The molecule has 12 heteroatoms. The number of anilines is 2. The van der Waals surface area contributed by atoms with Gasteiger partial charge in [0.15, 0.2) is 5.16 Å². The summed E-state index contributed by atoms with van der Waals surface area (Å²) in [4.78, 5) is 32.8. The zero-order valence-corrected chi connectivity index (χ0v) is 20.6. The van der Waals surface area contributed by atoms with Crippen LogP contribution in [0.5, 0.6) is 0 Å². The van der Waals surface area contributed by atoms with E-state index in [1.54, 1.807) is 36.5 Å². The second kappa shape index (κ2) is 10.3. The number of carboxylic acids is 1. The lowest BCUT2D eigenvalue weighted by Crippen LogP contribution is -2.14. The first-order valence-corrected chi connectivity index (χ1v) is 13.5. The van der Waals surface area contributed by atoms with Crippen LogP contribution < -0.4 is 10.0 Å². The Hall–Kier alpha value is -3.74. The summed E-state index contributed by atoms with van der Waals surface area (Å²) in [5.41, 5.74) is 1.59. The normalized spacial score (nSPS) is 11.1. The van der Waals surface area contributed by atoms with Crippen molar-refractivity contribution in [1.29, 1.82) is 0 Å². The first kappa shape index (κ1) is 24.4. The highest BCUT2D eigenvalue weighted by molar-refractivity contribution is 7.98. The molecule has 2 aromatic carbocycles. The molecule has 0 aliphatic heterocycles. The smallest absolute Gasteiger partial charge is 0.335 e. The fraction of sp³-hybridized carbons (Fsp3) is 0.0435. The molecule has 0 aliphatic carbocycles. The number of rotatable bonds is 8. The lowest BCUT2D eigenvalue weighted by Gasteiger charge is -2.09. The predicted octanol–water partition coefficient (Wildman–Crippen LogP) is 4.68. The van der Waals surface area contributed by atoms with Crippen molar-refractivity contribution >= 4 is 56.4 Å². The minimum atomic E-state index is -3.90. The average molecular weight is 527 g/mol. The fourth-order valence-corrected chi connectivity index (χ4v) is 5.69. The third kappa shape index (κ3) is 5.85. The van der Waals surface area contributed by atoms with E-state index in [1.165, 1.54) is 48.2 Å². The van der Waals surface area contributed by atoms with Crippen LogP contribution in [-0.4, -0.2) is 41.6 Å². The molecule has 0 saturated heterocycles. The van der Waals surface area contributed by atoms with Gasteiger partial charge in [0.2, 0.25) is 0 Å². The molecular weight excluding hydrogens is 508 g/mol. The van der Waals surface area contributed by atoms with Crippen LogP contribution in [0.15, 0.2) is 82.3 Å². The highest BCUT2D eigenvalue weighted by Crippen LogP contribution is 2.31. The summed E-state index contributed by atoms with van der Waals surface area (Å²) in [5.74, 6) is -1.54. The summed E-state index contributed by atoms with van der Waals surface area (Å²) in [6.45, 7) is 0. The zero-order valence-electron chi connectivity index (χ0n) is 18.1. The molecule has 0 fully saturated rings. The molecule has 4 rings (SSSR count). The molecule has 0 bridgehead atoms. The van der Waals surface area contributed by atoms with E-state index in [2.05, 4.69) is 20.0 Å². The van der Waals surface area contributed by atoms with E-state index < -0.39 is 21.9 Å². The van der Waals surface area contributed by atoms with E-state index >= 15 is 0 Å². The number of amides is 1. The van der Waals surface area contributed by atoms with Gasteiger partial charge in [0.05, 0.1) is 16.1 Å². The first-order valence-electron chi connectivity index (χ1n) is 10.00. The van der Waals surface area contributed by atoms with Gasteiger partial charge >= 0.3 is 5.97 Å². The molecule has 0 saturated carbocycles. The number of benzene rings is 2. The number of carbonyl (C=O) groups excluding carboxylic acids is 1. The van der Waals surface area contributed by atoms with Crippen molar-refractivity contribution in [2.24, 2.45) is 0 Å². The van der Waals surface area contributed by atoms with Crippen LogP contribution in [0.1, 0.15) is 20.7 Å². The average Bonchev–Trinajstić information content (AvgIpc) is 3.36. The minimum absolute atomic E-state index is 0.0977.